The highest BCUT2D eigenvalue weighted by Crippen LogP contribution is 2.01. The molecular formula is C13H15N5. The Bertz CT molecular complexity index is 553. The number of aryl methyl sites for hydroxylation is 1. The van der Waals surface area contributed by atoms with Gasteiger partial charge in [-0.05, 0) is 36.2 Å². The molecule has 5 nitrogen and oxygen atoms in total. The zero-order chi connectivity index (χ0) is 12.8. The standard InChI is InChI=1S/C13H15N5/c1-18-10-12(9-17-18)2-4-15-8-11-3-5-16-13(6-11)7-14/h3,5-6,9-10,15H,2,4,8H2,1H3. The molecule has 0 aromatic carbocycles. The zero-order valence-electron chi connectivity index (χ0n) is 10.3. The van der Waals surface area contributed by atoms with E-state index in [1.54, 1.807) is 16.9 Å². The van der Waals surface area contributed by atoms with Crippen LogP contribution in [0.25, 0.3) is 0 Å². The topological polar surface area (TPSA) is 66.5 Å². The first-order valence-corrected chi connectivity index (χ1v) is 5.81. The summed E-state index contributed by atoms with van der Waals surface area (Å²) in [7, 11) is 1.91. The van der Waals surface area contributed by atoms with Crippen LogP contribution >= 0.6 is 0 Å². The maximum absolute atomic E-state index is 8.74. The summed E-state index contributed by atoms with van der Waals surface area (Å²) < 4.78 is 1.80. The number of nitrogens with zero attached hydrogens (tertiary/aromatic N) is 4. The number of nitriles is 1. The van der Waals surface area contributed by atoms with Crippen LogP contribution in [0.5, 0.6) is 0 Å². The van der Waals surface area contributed by atoms with E-state index in [1.165, 1.54) is 5.56 Å². The largest absolute Gasteiger partial charge is 0.312 e. The third-order valence-electron chi connectivity index (χ3n) is 2.62. The Kier molecular flexibility index (Phi) is 4.05. The summed E-state index contributed by atoms with van der Waals surface area (Å²) in [5.41, 5.74) is 2.76. The Morgan fingerprint density at radius 2 is 2.33 bits per heavy atom. The molecule has 0 saturated heterocycles. The molecule has 0 fully saturated rings. The van der Waals surface area contributed by atoms with Crippen molar-refractivity contribution in [2.75, 3.05) is 6.54 Å². The average molecular weight is 241 g/mol. The zero-order valence-corrected chi connectivity index (χ0v) is 10.3. The van der Waals surface area contributed by atoms with Gasteiger partial charge in [0.05, 0.1) is 6.20 Å². The van der Waals surface area contributed by atoms with Crippen molar-refractivity contribution in [3.8, 4) is 6.07 Å². The number of aromatic nitrogens is 3. The van der Waals surface area contributed by atoms with E-state index in [0.717, 1.165) is 25.1 Å². The third-order valence-corrected chi connectivity index (χ3v) is 2.62. The van der Waals surface area contributed by atoms with Crippen molar-refractivity contribution in [1.29, 1.82) is 5.26 Å². The van der Waals surface area contributed by atoms with Crippen molar-refractivity contribution in [2.24, 2.45) is 7.05 Å². The minimum Gasteiger partial charge on any atom is -0.312 e. The molecule has 0 aliphatic carbocycles. The minimum absolute atomic E-state index is 0.460. The van der Waals surface area contributed by atoms with Gasteiger partial charge in [0, 0.05) is 26.0 Å². The van der Waals surface area contributed by atoms with Crippen molar-refractivity contribution in [1.82, 2.24) is 20.1 Å². The number of nitrogens with one attached hydrogen (secondary N) is 1. The maximum Gasteiger partial charge on any atom is 0.140 e. The van der Waals surface area contributed by atoms with Gasteiger partial charge in [-0.2, -0.15) is 10.4 Å². The number of hydrogen-bond acceptors (Lipinski definition) is 4. The highest BCUT2D eigenvalue weighted by molar-refractivity contribution is 5.25. The number of pyridine rings is 1. The second-order valence-electron chi connectivity index (χ2n) is 4.11. The van der Waals surface area contributed by atoms with E-state index in [0.29, 0.717) is 5.69 Å². The molecule has 0 radical (unpaired) electrons. The average Bonchev–Trinajstić information content (AvgIpc) is 2.81. The minimum atomic E-state index is 0.460. The van der Waals surface area contributed by atoms with Gasteiger partial charge >= 0.3 is 0 Å². The van der Waals surface area contributed by atoms with E-state index in [-0.39, 0.29) is 0 Å². The molecule has 0 saturated carbocycles. The van der Waals surface area contributed by atoms with E-state index in [1.807, 2.05) is 31.6 Å². The second-order valence-corrected chi connectivity index (χ2v) is 4.11. The quantitative estimate of drug-likeness (QED) is 0.794. The van der Waals surface area contributed by atoms with Crippen LogP contribution in [-0.4, -0.2) is 21.3 Å². The number of rotatable bonds is 5. The molecule has 0 aliphatic rings. The maximum atomic E-state index is 8.74. The number of hydrogen-bond donors (Lipinski definition) is 1. The molecule has 0 amide bonds. The Hall–Kier alpha value is -2.19. The Morgan fingerprint density at radius 3 is 3.06 bits per heavy atom. The van der Waals surface area contributed by atoms with Crippen LogP contribution in [0.4, 0.5) is 0 Å². The molecule has 5 heteroatoms. The third kappa shape index (κ3) is 3.40. The predicted molar refractivity (Wildman–Crippen MR) is 67.6 cm³/mol. The van der Waals surface area contributed by atoms with Gasteiger partial charge in [0.25, 0.3) is 0 Å². The van der Waals surface area contributed by atoms with Crippen LogP contribution in [0, 0.1) is 11.3 Å². The lowest BCUT2D eigenvalue weighted by molar-refractivity contribution is 0.685. The SMILES string of the molecule is Cn1cc(CCNCc2ccnc(C#N)c2)cn1. The Balaban J connectivity index is 1.77. The van der Waals surface area contributed by atoms with Crippen LogP contribution in [0.15, 0.2) is 30.7 Å². The molecule has 2 heterocycles. The predicted octanol–water partition coefficient (Wildman–Crippen LogP) is 1.02. The summed E-state index contributed by atoms with van der Waals surface area (Å²) in [6.45, 7) is 1.63. The summed E-state index contributed by atoms with van der Waals surface area (Å²) >= 11 is 0. The van der Waals surface area contributed by atoms with Crippen molar-refractivity contribution < 1.29 is 0 Å². The second kappa shape index (κ2) is 5.94. The monoisotopic (exact) mass is 241 g/mol. The van der Waals surface area contributed by atoms with E-state index in [4.69, 9.17) is 5.26 Å². The van der Waals surface area contributed by atoms with Crippen LogP contribution < -0.4 is 5.32 Å². The van der Waals surface area contributed by atoms with Gasteiger partial charge in [-0.1, -0.05) is 0 Å². The van der Waals surface area contributed by atoms with Crippen LogP contribution in [0.1, 0.15) is 16.8 Å². The highest BCUT2D eigenvalue weighted by Gasteiger charge is 1.98. The van der Waals surface area contributed by atoms with Crippen molar-refractivity contribution in [3.05, 3.63) is 47.5 Å². The molecule has 0 spiro atoms. The fourth-order valence-electron chi connectivity index (χ4n) is 1.71. The summed E-state index contributed by atoms with van der Waals surface area (Å²) in [6, 6.07) is 5.75. The molecule has 0 unspecified atom stereocenters. The smallest absolute Gasteiger partial charge is 0.140 e. The van der Waals surface area contributed by atoms with E-state index >= 15 is 0 Å². The summed E-state index contributed by atoms with van der Waals surface area (Å²) in [5.74, 6) is 0. The first-order chi connectivity index (χ1) is 8.78. The van der Waals surface area contributed by atoms with Crippen LogP contribution in [0.2, 0.25) is 0 Å². The molecule has 0 atom stereocenters. The summed E-state index contributed by atoms with van der Waals surface area (Å²) in [6.07, 6.45) is 6.50. The van der Waals surface area contributed by atoms with Gasteiger partial charge in [-0.25, -0.2) is 4.98 Å². The molecule has 0 bridgehead atoms. The van der Waals surface area contributed by atoms with E-state index in [2.05, 4.69) is 15.4 Å². The lowest BCUT2D eigenvalue weighted by Gasteiger charge is -2.03. The van der Waals surface area contributed by atoms with Gasteiger partial charge in [-0.15, -0.1) is 0 Å². The van der Waals surface area contributed by atoms with E-state index < -0.39 is 0 Å². The molecular weight excluding hydrogens is 226 g/mol. The van der Waals surface area contributed by atoms with Crippen LogP contribution in [-0.2, 0) is 20.0 Å². The van der Waals surface area contributed by atoms with E-state index in [9.17, 15) is 0 Å². The Morgan fingerprint density at radius 1 is 1.44 bits per heavy atom. The van der Waals surface area contributed by atoms with Crippen molar-refractivity contribution in [3.63, 3.8) is 0 Å². The van der Waals surface area contributed by atoms with Gasteiger partial charge < -0.3 is 5.32 Å². The molecule has 18 heavy (non-hydrogen) atoms. The Labute approximate surface area is 106 Å². The summed E-state index contributed by atoms with van der Waals surface area (Å²) in [4.78, 5) is 3.94. The lowest BCUT2D eigenvalue weighted by Crippen LogP contribution is -2.16. The molecule has 92 valence electrons. The summed E-state index contributed by atoms with van der Waals surface area (Å²) in [5, 5.41) is 16.2. The van der Waals surface area contributed by atoms with Gasteiger partial charge in [-0.3, -0.25) is 4.68 Å². The normalized spacial score (nSPS) is 10.2. The molecule has 0 aliphatic heterocycles. The van der Waals surface area contributed by atoms with Gasteiger partial charge in [0.1, 0.15) is 11.8 Å². The first kappa shape index (κ1) is 12.3. The fraction of sp³-hybridized carbons (Fsp3) is 0.308. The molecule has 1 N–H and O–H groups in total. The highest BCUT2D eigenvalue weighted by atomic mass is 15.2. The van der Waals surface area contributed by atoms with Crippen molar-refractivity contribution >= 4 is 0 Å². The lowest BCUT2D eigenvalue weighted by atomic mass is 10.2. The fourth-order valence-corrected chi connectivity index (χ4v) is 1.71. The first-order valence-electron chi connectivity index (χ1n) is 5.81. The molecule has 2 aromatic rings. The molecule has 2 rings (SSSR count). The van der Waals surface area contributed by atoms with Gasteiger partial charge in [0.2, 0.25) is 0 Å². The van der Waals surface area contributed by atoms with Crippen LogP contribution in [0.3, 0.4) is 0 Å². The molecule has 2 aromatic heterocycles. The van der Waals surface area contributed by atoms with Crippen molar-refractivity contribution in [2.45, 2.75) is 13.0 Å². The van der Waals surface area contributed by atoms with Gasteiger partial charge in [0.15, 0.2) is 0 Å².